The second-order valence-electron chi connectivity index (χ2n) is 12.2. The summed E-state index contributed by atoms with van der Waals surface area (Å²) >= 11 is 1.25. The number of alkyl halides is 3. The first-order valence-electron chi connectivity index (χ1n) is 13.7. The van der Waals surface area contributed by atoms with Crippen molar-refractivity contribution in [1.82, 2.24) is 25.1 Å². The first kappa shape index (κ1) is 29.0. The van der Waals surface area contributed by atoms with E-state index in [0.717, 1.165) is 18.9 Å². The molecule has 1 N–H and O–H groups in total. The van der Waals surface area contributed by atoms with Crippen molar-refractivity contribution < 1.29 is 27.6 Å². The summed E-state index contributed by atoms with van der Waals surface area (Å²) in [7, 11) is 0. The van der Waals surface area contributed by atoms with E-state index in [9.17, 15) is 27.6 Å². The first-order valence-corrected chi connectivity index (χ1v) is 14.5. The number of carbonyl (C=O) groups excluding carboxylic acids is 3. The molecule has 3 aromatic rings. The maximum atomic E-state index is 14.0. The van der Waals surface area contributed by atoms with Gasteiger partial charge < -0.3 is 10.2 Å². The van der Waals surface area contributed by atoms with Crippen molar-refractivity contribution in [2.45, 2.75) is 58.4 Å². The molecular formula is C29H29ClF3N5O3S. The number of piperazine rings is 1. The van der Waals surface area contributed by atoms with E-state index in [4.69, 9.17) is 0 Å². The molecule has 1 saturated carbocycles. The summed E-state index contributed by atoms with van der Waals surface area (Å²) < 4.78 is 42.4. The molecule has 4 atom stereocenters. The average Bonchev–Trinajstić information content (AvgIpc) is 3.17. The minimum Gasteiger partial charge on any atom is -0.333 e. The quantitative estimate of drug-likeness (QED) is 0.421. The van der Waals surface area contributed by atoms with E-state index in [2.05, 4.69) is 15.3 Å². The van der Waals surface area contributed by atoms with E-state index in [1.807, 2.05) is 13.8 Å². The molecule has 4 aliphatic heterocycles. The first-order chi connectivity index (χ1) is 19.4. The molecule has 3 aromatic heterocycles. The number of fused-ring (bicyclic) bond motifs is 5. The van der Waals surface area contributed by atoms with E-state index in [1.165, 1.54) is 29.4 Å². The van der Waals surface area contributed by atoms with Crippen LogP contribution in [0, 0.1) is 24.2 Å². The van der Waals surface area contributed by atoms with Gasteiger partial charge in [-0.05, 0) is 48.9 Å². The van der Waals surface area contributed by atoms with Gasteiger partial charge in [-0.2, -0.15) is 13.2 Å². The van der Waals surface area contributed by atoms with Crippen LogP contribution in [0.5, 0.6) is 0 Å². The van der Waals surface area contributed by atoms with E-state index >= 15 is 0 Å². The molecule has 2 bridgehead atoms. The molecule has 42 heavy (non-hydrogen) atoms. The van der Waals surface area contributed by atoms with Crippen LogP contribution in [0.3, 0.4) is 0 Å². The van der Waals surface area contributed by atoms with Crippen LogP contribution in [-0.4, -0.2) is 62.7 Å². The zero-order chi connectivity index (χ0) is 29.0. The Balaban J connectivity index is 0.00000316. The number of hydrogen-bond acceptors (Lipinski definition) is 7. The molecule has 5 aliphatic rings. The van der Waals surface area contributed by atoms with Crippen LogP contribution in [0.2, 0.25) is 0 Å². The number of amides is 3. The molecule has 13 heteroatoms. The number of imide groups is 1. The molecule has 7 heterocycles. The van der Waals surface area contributed by atoms with Crippen molar-refractivity contribution in [2.75, 3.05) is 13.1 Å². The number of hydrogen-bond donors (Lipinski definition) is 1. The van der Waals surface area contributed by atoms with Crippen LogP contribution < -0.4 is 5.32 Å². The van der Waals surface area contributed by atoms with Crippen molar-refractivity contribution in [3.63, 3.8) is 0 Å². The summed E-state index contributed by atoms with van der Waals surface area (Å²) in [5.74, 6) is -1.31. The van der Waals surface area contributed by atoms with Gasteiger partial charge in [-0.3, -0.25) is 24.3 Å². The molecule has 8 nitrogen and oxygen atoms in total. The second kappa shape index (κ2) is 9.72. The van der Waals surface area contributed by atoms with Gasteiger partial charge in [0, 0.05) is 41.8 Å². The smallest absolute Gasteiger partial charge is 0.333 e. The fourth-order valence-electron chi connectivity index (χ4n) is 6.95. The molecule has 1 aliphatic carbocycles. The van der Waals surface area contributed by atoms with Crippen LogP contribution in [0.4, 0.5) is 13.2 Å². The molecule has 0 aromatic carbocycles. The zero-order valence-corrected chi connectivity index (χ0v) is 24.8. The highest BCUT2D eigenvalue weighted by atomic mass is 35.5. The topological polar surface area (TPSA) is 95.5 Å². The van der Waals surface area contributed by atoms with Gasteiger partial charge in [-0.25, -0.2) is 4.98 Å². The van der Waals surface area contributed by atoms with Crippen molar-refractivity contribution in [3.05, 3.63) is 46.1 Å². The largest absolute Gasteiger partial charge is 0.433 e. The molecule has 3 amide bonds. The van der Waals surface area contributed by atoms with E-state index in [-0.39, 0.29) is 82.8 Å². The van der Waals surface area contributed by atoms with Crippen molar-refractivity contribution in [2.24, 2.45) is 17.3 Å². The lowest BCUT2D eigenvalue weighted by Gasteiger charge is -2.46. The lowest BCUT2D eigenvalue weighted by atomic mass is 9.91. The maximum Gasteiger partial charge on any atom is 0.433 e. The highest BCUT2D eigenvalue weighted by Crippen LogP contribution is 2.63. The summed E-state index contributed by atoms with van der Waals surface area (Å²) in [6.07, 6.45) is -1.43. The van der Waals surface area contributed by atoms with Crippen LogP contribution in [0.1, 0.15) is 53.2 Å². The Hall–Kier alpha value is -3.09. The SMILES string of the molecule is Cc1cc(C(F)(F)F)nc(-c2ccnc3cc(CN4C(=O)C5C(C4=O)C5(C)C)sc23)c1C(=O)N1CC2CCC1CN2.Cl. The number of aromatic nitrogens is 2. The summed E-state index contributed by atoms with van der Waals surface area (Å²) in [5, 5.41) is 3.40. The Kier molecular flexibility index (Phi) is 6.71. The summed E-state index contributed by atoms with van der Waals surface area (Å²) in [5.41, 5.74) is -0.192. The Bertz CT molecular complexity index is 1630. The Morgan fingerprint density at radius 1 is 1.17 bits per heavy atom. The summed E-state index contributed by atoms with van der Waals surface area (Å²) in [4.78, 5) is 52.0. The molecule has 0 radical (unpaired) electrons. The van der Waals surface area contributed by atoms with Gasteiger partial charge in [-0.15, -0.1) is 23.7 Å². The third kappa shape index (κ3) is 4.32. The number of nitrogens with zero attached hydrogens (tertiary/aromatic N) is 4. The van der Waals surface area contributed by atoms with Gasteiger partial charge in [-0.1, -0.05) is 13.8 Å². The second-order valence-corrected chi connectivity index (χ2v) is 13.3. The normalized spacial score (nSPS) is 26.0. The van der Waals surface area contributed by atoms with Crippen LogP contribution in [0.15, 0.2) is 24.4 Å². The van der Waals surface area contributed by atoms with E-state index < -0.39 is 11.9 Å². The minimum absolute atomic E-state index is 0. The van der Waals surface area contributed by atoms with Gasteiger partial charge in [0.1, 0.15) is 5.69 Å². The number of pyridine rings is 2. The van der Waals surface area contributed by atoms with Crippen molar-refractivity contribution in [1.29, 1.82) is 0 Å². The van der Waals surface area contributed by atoms with Crippen molar-refractivity contribution in [3.8, 4) is 11.3 Å². The number of nitrogens with one attached hydrogen (secondary N) is 1. The zero-order valence-electron chi connectivity index (χ0n) is 23.1. The van der Waals surface area contributed by atoms with Gasteiger partial charge >= 0.3 is 6.18 Å². The Morgan fingerprint density at radius 3 is 2.48 bits per heavy atom. The van der Waals surface area contributed by atoms with Crippen LogP contribution in [0.25, 0.3) is 21.5 Å². The highest BCUT2D eigenvalue weighted by Gasteiger charge is 2.72. The molecule has 4 saturated heterocycles. The van der Waals surface area contributed by atoms with Gasteiger partial charge in [0.2, 0.25) is 11.8 Å². The summed E-state index contributed by atoms with van der Waals surface area (Å²) in [6, 6.07) is 4.40. The fraction of sp³-hybridized carbons (Fsp3) is 0.483. The molecule has 5 fully saturated rings. The highest BCUT2D eigenvalue weighted by molar-refractivity contribution is 7.19. The fourth-order valence-corrected chi connectivity index (χ4v) is 8.07. The molecule has 4 unspecified atom stereocenters. The van der Waals surface area contributed by atoms with Gasteiger partial charge in [0.05, 0.1) is 39.9 Å². The van der Waals surface area contributed by atoms with Gasteiger partial charge in [0.25, 0.3) is 5.91 Å². The number of rotatable bonds is 4. The number of piperidine rings is 3. The molecular weight excluding hydrogens is 591 g/mol. The third-order valence-corrected chi connectivity index (χ3v) is 10.4. The molecule has 8 rings (SSSR count). The van der Waals surface area contributed by atoms with Crippen LogP contribution >= 0.6 is 23.7 Å². The number of likely N-dealkylation sites (tertiary alicyclic amines) is 1. The predicted molar refractivity (Wildman–Crippen MR) is 152 cm³/mol. The Labute approximate surface area is 250 Å². The van der Waals surface area contributed by atoms with Gasteiger partial charge in [0.15, 0.2) is 0 Å². The number of carbonyl (C=O) groups is 3. The number of halogens is 4. The monoisotopic (exact) mass is 619 g/mol. The standard InChI is InChI=1S/C29H28F3N5O3S.ClH/c1-13-8-19(29(30,31)32)35-23(20(13)25(38)36-11-14-4-5-15(36)10-34-14)17-6-7-33-18-9-16(41-24(17)18)12-37-26(39)21-22(27(37)40)28(21,2)3;/h6-9,14-15,21-22,34H,4-5,10-12H2,1-3H3;1H. The number of thiophene rings is 1. The van der Waals surface area contributed by atoms with E-state index in [1.54, 1.807) is 17.0 Å². The maximum absolute atomic E-state index is 14.0. The van der Waals surface area contributed by atoms with Crippen molar-refractivity contribution >= 4 is 51.7 Å². The average molecular weight is 620 g/mol. The van der Waals surface area contributed by atoms with E-state index in [0.29, 0.717) is 33.7 Å². The summed E-state index contributed by atoms with van der Waals surface area (Å²) in [6.45, 7) is 6.57. The third-order valence-electron chi connectivity index (χ3n) is 9.25. The van der Waals surface area contributed by atoms with Crippen LogP contribution in [-0.2, 0) is 22.3 Å². The lowest BCUT2D eigenvalue weighted by Crippen LogP contribution is -2.62. The molecule has 222 valence electrons. The minimum atomic E-state index is -4.70. The Morgan fingerprint density at radius 2 is 1.88 bits per heavy atom. The number of aryl methyl sites for hydroxylation is 1. The predicted octanol–water partition coefficient (Wildman–Crippen LogP) is 4.82. The molecule has 0 spiro atoms. The lowest BCUT2D eigenvalue weighted by molar-refractivity contribution is -0.144.